The van der Waals surface area contributed by atoms with Gasteiger partial charge in [-0.15, -0.1) is 0 Å². The first-order chi connectivity index (χ1) is 17.7. The molecular weight excluding hydrogens is 506 g/mol. The highest BCUT2D eigenvalue weighted by atomic mass is 16.6. The van der Waals surface area contributed by atoms with E-state index in [1.54, 1.807) is 62.3 Å². The van der Waals surface area contributed by atoms with Crippen molar-refractivity contribution in [1.82, 2.24) is 16.0 Å². The van der Waals surface area contributed by atoms with Gasteiger partial charge in [-0.05, 0) is 75.2 Å². The van der Waals surface area contributed by atoms with Gasteiger partial charge in [0.05, 0.1) is 0 Å². The summed E-state index contributed by atoms with van der Waals surface area (Å²) in [6.45, 7) is 17.1. The molecule has 39 heavy (non-hydrogen) atoms. The molecule has 11 nitrogen and oxygen atoms in total. The molecule has 0 rings (SSSR count). The second-order valence-electron chi connectivity index (χ2n) is 12.5. The minimum atomic E-state index is -1.17. The lowest BCUT2D eigenvalue weighted by atomic mass is 10.1. The van der Waals surface area contributed by atoms with Gasteiger partial charge in [0.15, 0.2) is 0 Å². The van der Waals surface area contributed by atoms with Crippen LogP contribution >= 0.6 is 0 Å². The maximum atomic E-state index is 12.8. The molecule has 0 fully saturated rings. The van der Waals surface area contributed by atoms with Crippen molar-refractivity contribution in [2.75, 3.05) is 6.54 Å². The van der Waals surface area contributed by atoms with Crippen molar-refractivity contribution < 1.29 is 38.2 Å². The molecule has 0 unspecified atom stereocenters. The van der Waals surface area contributed by atoms with Gasteiger partial charge < -0.3 is 30.2 Å². The Morgan fingerprint density at radius 2 is 1.13 bits per heavy atom. The van der Waals surface area contributed by atoms with Gasteiger partial charge in [-0.3, -0.25) is 9.59 Å². The van der Waals surface area contributed by atoms with E-state index in [1.165, 1.54) is 0 Å². The fourth-order valence-corrected chi connectivity index (χ4v) is 3.30. The van der Waals surface area contributed by atoms with Crippen molar-refractivity contribution in [3.05, 3.63) is 0 Å². The van der Waals surface area contributed by atoms with Crippen LogP contribution in [0.1, 0.15) is 114 Å². The van der Waals surface area contributed by atoms with Gasteiger partial charge in [0, 0.05) is 6.42 Å². The van der Waals surface area contributed by atoms with Crippen molar-refractivity contribution >= 4 is 29.8 Å². The van der Waals surface area contributed by atoms with Crippen LogP contribution in [0.5, 0.6) is 0 Å². The molecule has 0 saturated carbocycles. The van der Waals surface area contributed by atoms with E-state index in [0.717, 1.165) is 25.7 Å². The molecule has 0 radical (unpaired) electrons. The van der Waals surface area contributed by atoms with Gasteiger partial charge in [0.2, 0.25) is 5.91 Å². The van der Waals surface area contributed by atoms with Gasteiger partial charge in [0.25, 0.3) is 0 Å². The van der Waals surface area contributed by atoms with Crippen LogP contribution < -0.4 is 16.0 Å². The predicted molar refractivity (Wildman–Crippen MR) is 148 cm³/mol. The Balaban J connectivity index is 5.28. The van der Waals surface area contributed by atoms with E-state index < -0.39 is 65.3 Å². The summed E-state index contributed by atoms with van der Waals surface area (Å²) in [6.07, 6.45) is 3.91. The Labute approximate surface area is 233 Å². The highest BCUT2D eigenvalue weighted by Crippen LogP contribution is 2.14. The van der Waals surface area contributed by atoms with Gasteiger partial charge in [-0.1, -0.05) is 32.6 Å². The van der Waals surface area contributed by atoms with Crippen LogP contribution in [0.2, 0.25) is 0 Å². The molecule has 226 valence electrons. The zero-order valence-corrected chi connectivity index (χ0v) is 25.6. The number of amides is 3. The Morgan fingerprint density at radius 3 is 1.59 bits per heavy atom. The van der Waals surface area contributed by atoms with E-state index in [2.05, 4.69) is 22.9 Å². The van der Waals surface area contributed by atoms with Crippen LogP contribution in [0.3, 0.4) is 0 Å². The van der Waals surface area contributed by atoms with Gasteiger partial charge in [-0.2, -0.15) is 0 Å². The van der Waals surface area contributed by atoms with Crippen molar-refractivity contribution in [3.63, 3.8) is 0 Å². The minimum absolute atomic E-state index is 0.0858. The summed E-state index contributed by atoms with van der Waals surface area (Å²) in [7, 11) is 0. The molecule has 0 aliphatic rings. The molecule has 11 heteroatoms. The lowest BCUT2D eigenvalue weighted by molar-refractivity contribution is -0.159. The Kier molecular flexibility index (Phi) is 15.1. The molecule has 0 saturated heterocycles. The fourth-order valence-electron chi connectivity index (χ4n) is 3.30. The molecule has 3 N–H and O–H groups in total. The van der Waals surface area contributed by atoms with Crippen molar-refractivity contribution in [3.8, 4) is 0 Å². The third-order valence-electron chi connectivity index (χ3n) is 4.84. The molecule has 0 bridgehead atoms. The van der Waals surface area contributed by atoms with Crippen molar-refractivity contribution in [1.29, 1.82) is 0 Å². The number of urea groups is 1. The molecule has 0 aromatic heterocycles. The summed E-state index contributed by atoms with van der Waals surface area (Å²) in [4.78, 5) is 62.6. The number of carbonyl (C=O) groups excluding carboxylic acids is 5. The van der Waals surface area contributed by atoms with E-state index in [4.69, 9.17) is 14.2 Å². The van der Waals surface area contributed by atoms with Crippen LogP contribution in [-0.2, 0) is 33.4 Å². The summed E-state index contributed by atoms with van der Waals surface area (Å²) < 4.78 is 16.0. The number of unbranched alkanes of at least 4 members (excludes halogenated alkanes) is 3. The third kappa shape index (κ3) is 19.8. The van der Waals surface area contributed by atoms with E-state index in [-0.39, 0.29) is 12.8 Å². The SMILES string of the molecule is CCCCCC[C@H](NC(=O)CC[C@H](NC(=O)NCC(=O)OC(C)(C)C)C(=O)OC(C)(C)C)C(=O)OC(C)(C)C. The third-order valence-corrected chi connectivity index (χ3v) is 4.84. The van der Waals surface area contributed by atoms with Crippen LogP contribution in [-0.4, -0.2) is 65.3 Å². The first kappa shape index (κ1) is 36.1. The monoisotopic (exact) mass is 557 g/mol. The molecule has 0 aliphatic carbocycles. The lowest BCUT2D eigenvalue weighted by Gasteiger charge is -2.26. The first-order valence-electron chi connectivity index (χ1n) is 13.7. The lowest BCUT2D eigenvalue weighted by Crippen LogP contribution is -2.50. The number of hydrogen-bond acceptors (Lipinski definition) is 8. The first-order valence-corrected chi connectivity index (χ1v) is 13.7. The van der Waals surface area contributed by atoms with Gasteiger partial charge in [0.1, 0.15) is 35.4 Å². The largest absolute Gasteiger partial charge is 0.459 e. The van der Waals surface area contributed by atoms with E-state index >= 15 is 0 Å². The van der Waals surface area contributed by atoms with Gasteiger partial charge in [-0.25, -0.2) is 14.4 Å². The molecule has 0 aromatic carbocycles. The standard InChI is InChI=1S/C28H51N3O8/c1-11-12-13-14-15-19(23(34)38-27(5,6)7)30-21(32)17-16-20(24(35)39-28(8,9)10)31-25(36)29-18-22(33)37-26(2,3)4/h19-20H,11-18H2,1-10H3,(H,30,32)(H2,29,31,36)/t19-,20-/m0/s1. The molecule has 0 spiro atoms. The van der Waals surface area contributed by atoms with Crippen LogP contribution in [0.4, 0.5) is 4.79 Å². The van der Waals surface area contributed by atoms with E-state index in [1.807, 2.05) is 0 Å². The highest BCUT2D eigenvalue weighted by Gasteiger charge is 2.30. The summed E-state index contributed by atoms with van der Waals surface area (Å²) in [5.41, 5.74) is -2.25. The number of carbonyl (C=O) groups is 5. The summed E-state index contributed by atoms with van der Waals surface area (Å²) in [5.74, 6) is -2.36. The number of ether oxygens (including phenoxy) is 3. The van der Waals surface area contributed by atoms with E-state index in [9.17, 15) is 24.0 Å². The molecular formula is C28H51N3O8. The molecule has 0 aliphatic heterocycles. The molecule has 0 heterocycles. The number of nitrogens with one attached hydrogen (secondary N) is 3. The summed E-state index contributed by atoms with van der Waals surface area (Å²) in [5, 5.41) is 7.53. The fraction of sp³-hybridized carbons (Fsp3) is 0.821. The average molecular weight is 558 g/mol. The van der Waals surface area contributed by atoms with Gasteiger partial charge >= 0.3 is 23.9 Å². The zero-order chi connectivity index (χ0) is 30.4. The minimum Gasteiger partial charge on any atom is -0.459 e. The highest BCUT2D eigenvalue weighted by molar-refractivity contribution is 5.87. The maximum Gasteiger partial charge on any atom is 0.329 e. The zero-order valence-electron chi connectivity index (χ0n) is 25.6. The Hall–Kier alpha value is -2.85. The second-order valence-corrected chi connectivity index (χ2v) is 12.5. The van der Waals surface area contributed by atoms with Crippen molar-refractivity contribution in [2.24, 2.45) is 0 Å². The molecule has 0 aromatic rings. The number of rotatable bonds is 14. The Bertz CT molecular complexity index is 822. The van der Waals surface area contributed by atoms with Crippen molar-refractivity contribution in [2.45, 2.75) is 143 Å². The Morgan fingerprint density at radius 1 is 0.641 bits per heavy atom. The number of esters is 3. The van der Waals surface area contributed by atoms with Crippen LogP contribution in [0.25, 0.3) is 0 Å². The molecule has 3 amide bonds. The quantitative estimate of drug-likeness (QED) is 0.165. The topological polar surface area (TPSA) is 149 Å². The number of hydrogen-bond donors (Lipinski definition) is 3. The van der Waals surface area contributed by atoms with Crippen LogP contribution in [0, 0.1) is 0 Å². The predicted octanol–water partition coefficient (Wildman–Crippen LogP) is 3.91. The second kappa shape index (κ2) is 16.3. The molecule has 2 atom stereocenters. The smallest absolute Gasteiger partial charge is 0.329 e. The summed E-state index contributed by atoms with van der Waals surface area (Å²) >= 11 is 0. The maximum absolute atomic E-state index is 12.8. The van der Waals surface area contributed by atoms with Crippen LogP contribution in [0.15, 0.2) is 0 Å². The summed E-state index contributed by atoms with van der Waals surface area (Å²) in [6, 6.07) is -2.78. The average Bonchev–Trinajstić information content (AvgIpc) is 2.73. The normalized spacial score (nSPS) is 13.5. The van der Waals surface area contributed by atoms with E-state index in [0.29, 0.717) is 6.42 Å².